The van der Waals surface area contributed by atoms with Crippen LogP contribution in [-0.2, 0) is 0 Å². The van der Waals surface area contributed by atoms with E-state index in [0.29, 0.717) is 6.04 Å². The van der Waals surface area contributed by atoms with E-state index in [1.54, 1.807) is 0 Å². The van der Waals surface area contributed by atoms with Gasteiger partial charge in [0.25, 0.3) is 0 Å². The highest BCUT2D eigenvalue weighted by atomic mass is 14.9. The molecule has 0 radical (unpaired) electrons. The summed E-state index contributed by atoms with van der Waals surface area (Å²) < 4.78 is 0. The summed E-state index contributed by atoms with van der Waals surface area (Å²) in [6.45, 7) is 6.70. The molecule has 0 saturated carbocycles. The van der Waals surface area contributed by atoms with Crippen molar-refractivity contribution in [2.24, 2.45) is 5.92 Å². The molecule has 1 aliphatic carbocycles. The van der Waals surface area contributed by atoms with Gasteiger partial charge in [-0.1, -0.05) is 13.0 Å². The van der Waals surface area contributed by atoms with E-state index in [0.717, 1.165) is 5.92 Å². The summed E-state index contributed by atoms with van der Waals surface area (Å²) in [5.74, 6) is 0.756. The quantitative estimate of drug-likeness (QED) is 0.643. The molecule has 1 aliphatic rings. The molecule has 0 heterocycles. The van der Waals surface area contributed by atoms with Crippen LogP contribution in [0.1, 0.15) is 40.0 Å². The highest BCUT2D eigenvalue weighted by Crippen LogP contribution is 2.22. The fourth-order valence-electron chi connectivity index (χ4n) is 1.57. The zero-order chi connectivity index (χ0) is 8.27. The minimum Gasteiger partial charge on any atom is -0.386 e. The van der Waals surface area contributed by atoms with Crippen molar-refractivity contribution in [3.05, 3.63) is 11.8 Å². The molecule has 0 amide bonds. The predicted octanol–water partition coefficient (Wildman–Crippen LogP) is 2.69. The van der Waals surface area contributed by atoms with E-state index in [4.69, 9.17) is 0 Å². The number of rotatable bonds is 2. The second-order valence-electron chi connectivity index (χ2n) is 3.79. The molecular formula is C10H19N. The molecule has 0 fully saturated rings. The fourth-order valence-corrected chi connectivity index (χ4v) is 1.57. The first kappa shape index (κ1) is 8.63. The van der Waals surface area contributed by atoms with Crippen molar-refractivity contribution in [1.29, 1.82) is 0 Å². The molecule has 1 heteroatoms. The molecule has 0 aromatic carbocycles. The number of allylic oxidation sites excluding steroid dienone is 2. The Morgan fingerprint density at radius 2 is 2.27 bits per heavy atom. The summed E-state index contributed by atoms with van der Waals surface area (Å²) >= 11 is 0. The molecule has 11 heavy (non-hydrogen) atoms. The molecular weight excluding hydrogens is 134 g/mol. The van der Waals surface area contributed by atoms with E-state index >= 15 is 0 Å². The van der Waals surface area contributed by atoms with Crippen LogP contribution in [0.15, 0.2) is 11.8 Å². The number of hydrogen-bond acceptors (Lipinski definition) is 1. The average Bonchev–Trinajstić information content (AvgIpc) is 1.93. The highest BCUT2D eigenvalue weighted by Gasteiger charge is 2.12. The molecule has 0 aliphatic heterocycles. The van der Waals surface area contributed by atoms with E-state index in [-0.39, 0.29) is 0 Å². The van der Waals surface area contributed by atoms with Crippen LogP contribution in [0.4, 0.5) is 0 Å². The first-order valence-corrected chi connectivity index (χ1v) is 4.66. The van der Waals surface area contributed by atoms with Crippen molar-refractivity contribution in [1.82, 2.24) is 5.32 Å². The molecule has 1 nitrogen and oxygen atoms in total. The Balaban J connectivity index is 2.47. The molecule has 1 unspecified atom stereocenters. The summed E-state index contributed by atoms with van der Waals surface area (Å²) in [6, 6.07) is 0.585. The van der Waals surface area contributed by atoms with Crippen LogP contribution < -0.4 is 5.32 Å². The molecule has 0 saturated heterocycles. The van der Waals surface area contributed by atoms with Crippen molar-refractivity contribution in [3.63, 3.8) is 0 Å². The van der Waals surface area contributed by atoms with Gasteiger partial charge in [0.1, 0.15) is 0 Å². The summed E-state index contributed by atoms with van der Waals surface area (Å²) in [7, 11) is 0. The standard InChI is InChI=1S/C10H19N/c1-8(2)11-10-7-5-4-6-9(10)3/h7-9,11H,4-6H2,1-3H3. The third-order valence-electron chi connectivity index (χ3n) is 2.19. The lowest BCUT2D eigenvalue weighted by molar-refractivity contribution is 0.489. The van der Waals surface area contributed by atoms with Gasteiger partial charge in [0.15, 0.2) is 0 Å². The van der Waals surface area contributed by atoms with Crippen molar-refractivity contribution >= 4 is 0 Å². The van der Waals surface area contributed by atoms with Gasteiger partial charge in [-0.15, -0.1) is 0 Å². The Bertz CT molecular complexity index is 147. The highest BCUT2D eigenvalue weighted by molar-refractivity contribution is 5.07. The first-order valence-electron chi connectivity index (χ1n) is 4.66. The van der Waals surface area contributed by atoms with Crippen LogP contribution >= 0.6 is 0 Å². The lowest BCUT2D eigenvalue weighted by atomic mass is 9.94. The van der Waals surface area contributed by atoms with Gasteiger partial charge in [-0.05, 0) is 39.0 Å². The van der Waals surface area contributed by atoms with Gasteiger partial charge in [0, 0.05) is 11.7 Å². The second kappa shape index (κ2) is 3.80. The molecule has 0 aromatic heterocycles. The third kappa shape index (κ3) is 2.57. The lowest BCUT2D eigenvalue weighted by Crippen LogP contribution is -2.27. The summed E-state index contributed by atoms with van der Waals surface area (Å²) in [5, 5.41) is 3.49. The maximum Gasteiger partial charge on any atom is 0.0201 e. The molecule has 64 valence electrons. The van der Waals surface area contributed by atoms with Crippen molar-refractivity contribution in [2.45, 2.75) is 46.1 Å². The van der Waals surface area contributed by atoms with Crippen LogP contribution in [0.3, 0.4) is 0 Å². The van der Waals surface area contributed by atoms with Crippen molar-refractivity contribution in [3.8, 4) is 0 Å². The minimum absolute atomic E-state index is 0.585. The second-order valence-corrected chi connectivity index (χ2v) is 3.79. The summed E-state index contributed by atoms with van der Waals surface area (Å²) in [6.07, 6.45) is 6.34. The first-order chi connectivity index (χ1) is 5.20. The van der Waals surface area contributed by atoms with Crippen molar-refractivity contribution < 1.29 is 0 Å². The average molecular weight is 153 g/mol. The van der Waals surface area contributed by atoms with Crippen LogP contribution in [0.2, 0.25) is 0 Å². The number of hydrogen-bond donors (Lipinski definition) is 1. The van der Waals surface area contributed by atoms with E-state index in [2.05, 4.69) is 32.2 Å². The molecule has 0 spiro atoms. The van der Waals surface area contributed by atoms with Gasteiger partial charge in [-0.25, -0.2) is 0 Å². The Morgan fingerprint density at radius 1 is 1.55 bits per heavy atom. The van der Waals surface area contributed by atoms with Gasteiger partial charge in [-0.3, -0.25) is 0 Å². The van der Waals surface area contributed by atoms with Gasteiger partial charge in [0.2, 0.25) is 0 Å². The predicted molar refractivity (Wildman–Crippen MR) is 49.4 cm³/mol. The molecule has 1 rings (SSSR count). The van der Waals surface area contributed by atoms with Crippen LogP contribution in [0.5, 0.6) is 0 Å². The smallest absolute Gasteiger partial charge is 0.0201 e. The zero-order valence-electron chi connectivity index (χ0n) is 7.85. The van der Waals surface area contributed by atoms with Gasteiger partial charge < -0.3 is 5.32 Å². The largest absolute Gasteiger partial charge is 0.386 e. The summed E-state index contributed by atoms with van der Waals surface area (Å²) in [5.41, 5.74) is 1.46. The molecule has 1 N–H and O–H groups in total. The maximum absolute atomic E-state index is 3.49. The normalized spacial score (nSPS) is 25.1. The lowest BCUT2D eigenvalue weighted by Gasteiger charge is -2.23. The Kier molecular flexibility index (Phi) is 2.98. The summed E-state index contributed by atoms with van der Waals surface area (Å²) in [4.78, 5) is 0. The Hall–Kier alpha value is -0.460. The zero-order valence-corrected chi connectivity index (χ0v) is 7.85. The maximum atomic E-state index is 3.49. The Morgan fingerprint density at radius 3 is 2.82 bits per heavy atom. The minimum atomic E-state index is 0.585. The van der Waals surface area contributed by atoms with E-state index in [9.17, 15) is 0 Å². The topological polar surface area (TPSA) is 12.0 Å². The SMILES string of the molecule is CC(C)NC1=CCCCC1C. The van der Waals surface area contributed by atoms with Gasteiger partial charge in [0.05, 0.1) is 0 Å². The fraction of sp³-hybridized carbons (Fsp3) is 0.800. The molecule has 1 atom stereocenters. The monoisotopic (exact) mass is 153 g/mol. The van der Waals surface area contributed by atoms with Gasteiger partial charge in [-0.2, -0.15) is 0 Å². The van der Waals surface area contributed by atoms with Crippen molar-refractivity contribution in [2.75, 3.05) is 0 Å². The van der Waals surface area contributed by atoms with Crippen LogP contribution in [-0.4, -0.2) is 6.04 Å². The van der Waals surface area contributed by atoms with Crippen LogP contribution in [0, 0.1) is 5.92 Å². The van der Waals surface area contributed by atoms with Gasteiger partial charge >= 0.3 is 0 Å². The third-order valence-corrected chi connectivity index (χ3v) is 2.19. The van der Waals surface area contributed by atoms with E-state index < -0.39 is 0 Å². The molecule has 0 aromatic rings. The number of nitrogens with one attached hydrogen (secondary N) is 1. The van der Waals surface area contributed by atoms with E-state index in [1.807, 2.05) is 0 Å². The Labute approximate surface area is 69.9 Å². The van der Waals surface area contributed by atoms with E-state index in [1.165, 1.54) is 25.0 Å². The molecule has 0 bridgehead atoms. The van der Waals surface area contributed by atoms with Crippen LogP contribution in [0.25, 0.3) is 0 Å².